The summed E-state index contributed by atoms with van der Waals surface area (Å²) in [5.74, 6) is 0.949. The monoisotopic (exact) mass is 476 g/mol. The Kier molecular flexibility index (Phi) is 4.13. The third kappa shape index (κ3) is 2.75. The van der Waals surface area contributed by atoms with Crippen molar-refractivity contribution in [3.63, 3.8) is 0 Å². The lowest BCUT2D eigenvalue weighted by Crippen LogP contribution is -1.97. The highest BCUT2D eigenvalue weighted by Crippen LogP contribution is 2.45. The van der Waals surface area contributed by atoms with Gasteiger partial charge in [0, 0.05) is 36.3 Å². The first-order valence-electron chi connectivity index (χ1n) is 12.2. The van der Waals surface area contributed by atoms with Gasteiger partial charge in [0.05, 0.1) is 16.6 Å². The second kappa shape index (κ2) is 7.51. The standard InChI is InChI=1S/C33H20N2S/c1-2-9-21(10-3-1)23-13-8-14-24-25-18-19-29-31(33(25)36-32(23)24)26-12-5-7-16-28(26)35(29)30-20-17-22-11-4-6-15-27(22)34-30/h1-20H. The number of benzene rings is 5. The number of para-hydroxylation sites is 2. The highest BCUT2D eigenvalue weighted by Gasteiger charge is 2.19. The topological polar surface area (TPSA) is 17.8 Å². The summed E-state index contributed by atoms with van der Waals surface area (Å²) >= 11 is 1.90. The van der Waals surface area contributed by atoms with Gasteiger partial charge < -0.3 is 0 Å². The van der Waals surface area contributed by atoms with Crippen LogP contribution < -0.4 is 0 Å². The van der Waals surface area contributed by atoms with E-state index in [4.69, 9.17) is 4.98 Å². The lowest BCUT2D eigenvalue weighted by Gasteiger charge is -2.08. The van der Waals surface area contributed by atoms with Crippen LogP contribution in [-0.2, 0) is 0 Å². The molecule has 3 heteroatoms. The molecule has 168 valence electrons. The van der Waals surface area contributed by atoms with Gasteiger partial charge in [-0.05, 0) is 41.5 Å². The smallest absolute Gasteiger partial charge is 0.138 e. The number of nitrogens with zero attached hydrogens (tertiary/aromatic N) is 2. The van der Waals surface area contributed by atoms with Gasteiger partial charge in [0.15, 0.2) is 0 Å². The molecule has 3 aromatic heterocycles. The largest absolute Gasteiger partial charge is 0.294 e. The predicted octanol–water partition coefficient (Wildman–Crippen LogP) is 9.37. The van der Waals surface area contributed by atoms with E-state index in [1.807, 2.05) is 11.3 Å². The van der Waals surface area contributed by atoms with Crippen molar-refractivity contribution in [1.29, 1.82) is 0 Å². The van der Waals surface area contributed by atoms with Crippen molar-refractivity contribution in [2.75, 3.05) is 0 Å². The van der Waals surface area contributed by atoms with Gasteiger partial charge in [-0.2, -0.15) is 0 Å². The summed E-state index contributed by atoms with van der Waals surface area (Å²) in [6.45, 7) is 0. The number of hydrogen-bond donors (Lipinski definition) is 0. The van der Waals surface area contributed by atoms with Crippen LogP contribution in [0, 0.1) is 0 Å². The molecule has 0 bridgehead atoms. The minimum atomic E-state index is 0.949. The number of thiophene rings is 1. The average molecular weight is 477 g/mol. The highest BCUT2D eigenvalue weighted by atomic mass is 32.1. The first-order valence-corrected chi connectivity index (χ1v) is 13.0. The SMILES string of the molecule is c1ccc(-c2cccc3c2sc2c3ccc3c2c2ccccc2n3-c2ccc3ccccc3n2)cc1. The van der Waals surface area contributed by atoms with Gasteiger partial charge in [-0.15, -0.1) is 11.3 Å². The van der Waals surface area contributed by atoms with Crippen molar-refractivity contribution in [1.82, 2.24) is 9.55 Å². The molecule has 8 aromatic rings. The van der Waals surface area contributed by atoms with Crippen LogP contribution in [0.4, 0.5) is 0 Å². The van der Waals surface area contributed by atoms with Crippen molar-refractivity contribution in [3.8, 4) is 16.9 Å². The fraction of sp³-hybridized carbons (Fsp3) is 0. The Labute approximate surface area is 211 Å². The quantitative estimate of drug-likeness (QED) is 0.243. The van der Waals surface area contributed by atoms with E-state index in [-0.39, 0.29) is 0 Å². The molecule has 0 aliphatic rings. The molecule has 0 atom stereocenters. The Hall–Kier alpha value is -4.47. The summed E-state index contributed by atoms with van der Waals surface area (Å²) in [4.78, 5) is 5.06. The lowest BCUT2D eigenvalue weighted by atomic mass is 10.0. The summed E-state index contributed by atoms with van der Waals surface area (Å²) in [5.41, 5.74) is 5.94. The van der Waals surface area contributed by atoms with Crippen LogP contribution in [0.1, 0.15) is 0 Å². The van der Waals surface area contributed by atoms with Crippen molar-refractivity contribution < 1.29 is 0 Å². The van der Waals surface area contributed by atoms with Crippen molar-refractivity contribution in [3.05, 3.63) is 121 Å². The Morgan fingerprint density at radius 1 is 0.528 bits per heavy atom. The van der Waals surface area contributed by atoms with Crippen LogP contribution in [0.5, 0.6) is 0 Å². The Bertz CT molecular complexity index is 2100. The van der Waals surface area contributed by atoms with Gasteiger partial charge >= 0.3 is 0 Å². The van der Waals surface area contributed by atoms with Crippen molar-refractivity contribution in [2.24, 2.45) is 0 Å². The molecule has 8 rings (SSSR count). The molecule has 5 aromatic carbocycles. The number of aromatic nitrogens is 2. The van der Waals surface area contributed by atoms with Gasteiger partial charge in [0.2, 0.25) is 0 Å². The van der Waals surface area contributed by atoms with E-state index in [9.17, 15) is 0 Å². The van der Waals surface area contributed by atoms with Gasteiger partial charge in [-0.1, -0.05) is 91.0 Å². The number of hydrogen-bond acceptors (Lipinski definition) is 2. The molecular weight excluding hydrogens is 456 g/mol. The van der Waals surface area contributed by atoms with Crippen LogP contribution in [0.2, 0.25) is 0 Å². The summed E-state index contributed by atoms with van der Waals surface area (Å²) < 4.78 is 4.99. The zero-order valence-electron chi connectivity index (χ0n) is 19.3. The first kappa shape index (κ1) is 19.8. The number of rotatable bonds is 2. The van der Waals surface area contributed by atoms with E-state index >= 15 is 0 Å². The molecule has 0 saturated heterocycles. The molecule has 36 heavy (non-hydrogen) atoms. The molecule has 0 saturated carbocycles. The van der Waals surface area contributed by atoms with Crippen LogP contribution >= 0.6 is 11.3 Å². The molecule has 0 spiro atoms. The maximum Gasteiger partial charge on any atom is 0.138 e. The maximum absolute atomic E-state index is 5.06. The molecule has 2 nitrogen and oxygen atoms in total. The van der Waals surface area contributed by atoms with E-state index in [1.54, 1.807) is 0 Å². The van der Waals surface area contributed by atoms with E-state index in [0.717, 1.165) is 16.7 Å². The normalized spacial score (nSPS) is 11.9. The zero-order chi connectivity index (χ0) is 23.6. The van der Waals surface area contributed by atoms with Crippen LogP contribution in [0.25, 0.3) is 69.8 Å². The minimum absolute atomic E-state index is 0.949. The molecule has 0 fully saturated rings. The Morgan fingerprint density at radius 2 is 1.31 bits per heavy atom. The minimum Gasteiger partial charge on any atom is -0.294 e. The van der Waals surface area contributed by atoms with E-state index in [1.165, 1.54) is 53.1 Å². The van der Waals surface area contributed by atoms with Crippen LogP contribution in [0.15, 0.2) is 121 Å². The first-order chi connectivity index (χ1) is 17.9. The second-order valence-electron chi connectivity index (χ2n) is 9.20. The van der Waals surface area contributed by atoms with Crippen LogP contribution in [0.3, 0.4) is 0 Å². The maximum atomic E-state index is 5.06. The molecular formula is C33H20N2S. The number of fused-ring (bicyclic) bond motifs is 8. The average Bonchev–Trinajstić information content (AvgIpc) is 3.49. The number of pyridine rings is 1. The van der Waals surface area contributed by atoms with Gasteiger partial charge in [0.1, 0.15) is 5.82 Å². The third-order valence-corrected chi connectivity index (χ3v) is 8.47. The fourth-order valence-electron chi connectivity index (χ4n) is 5.58. The predicted molar refractivity (Wildman–Crippen MR) is 154 cm³/mol. The third-order valence-electron chi connectivity index (χ3n) is 7.20. The van der Waals surface area contributed by atoms with E-state index < -0.39 is 0 Å². The Balaban J connectivity index is 1.50. The summed E-state index contributed by atoms with van der Waals surface area (Å²) in [7, 11) is 0. The molecule has 0 N–H and O–H groups in total. The lowest BCUT2D eigenvalue weighted by molar-refractivity contribution is 1.10. The fourth-order valence-corrected chi connectivity index (χ4v) is 6.97. The van der Waals surface area contributed by atoms with Gasteiger partial charge in [-0.25, -0.2) is 4.98 Å². The van der Waals surface area contributed by atoms with Crippen molar-refractivity contribution >= 4 is 64.2 Å². The summed E-state index contributed by atoms with van der Waals surface area (Å²) in [5, 5.41) is 6.36. The molecule has 0 aliphatic heterocycles. The molecule has 0 aliphatic carbocycles. The van der Waals surface area contributed by atoms with Crippen molar-refractivity contribution in [2.45, 2.75) is 0 Å². The second-order valence-corrected chi connectivity index (χ2v) is 10.2. The van der Waals surface area contributed by atoms with E-state index in [2.05, 4.69) is 126 Å². The van der Waals surface area contributed by atoms with E-state index in [0.29, 0.717) is 0 Å². The highest BCUT2D eigenvalue weighted by molar-refractivity contribution is 7.27. The summed E-state index contributed by atoms with van der Waals surface area (Å²) in [6, 6.07) is 43.3. The molecule has 0 radical (unpaired) electrons. The molecule has 0 unspecified atom stereocenters. The molecule has 0 amide bonds. The van der Waals surface area contributed by atoms with Gasteiger partial charge in [0.25, 0.3) is 0 Å². The van der Waals surface area contributed by atoms with Gasteiger partial charge in [-0.3, -0.25) is 4.57 Å². The molecule has 3 heterocycles. The summed E-state index contributed by atoms with van der Waals surface area (Å²) in [6.07, 6.45) is 0. The zero-order valence-corrected chi connectivity index (χ0v) is 20.2. The Morgan fingerprint density at radius 3 is 2.25 bits per heavy atom. The van der Waals surface area contributed by atoms with Crippen LogP contribution in [-0.4, -0.2) is 9.55 Å².